The molecule has 0 bridgehead atoms. The van der Waals surface area contributed by atoms with Gasteiger partial charge in [0.2, 0.25) is 5.91 Å². The second-order valence-corrected chi connectivity index (χ2v) is 8.14. The molecule has 2 amide bonds. The van der Waals surface area contributed by atoms with Gasteiger partial charge in [-0.15, -0.1) is 0 Å². The number of halogens is 2. The molecule has 1 heterocycles. The fourth-order valence-corrected chi connectivity index (χ4v) is 3.65. The molecule has 0 spiro atoms. The lowest BCUT2D eigenvalue weighted by molar-refractivity contribution is -0.122. The standard InChI is InChI=1S/C19H17ClIN3O2S/c1-22-19(27)23(11-12-2-4-13(20)5-3-12)16-10-17(25)24(18(16)26)15-8-6-14(21)7-9-15/h2-9,16H,10-11H2,1H3,(H,22,27). The van der Waals surface area contributed by atoms with Gasteiger partial charge in [0.25, 0.3) is 5.91 Å². The Morgan fingerprint density at radius 2 is 1.85 bits per heavy atom. The van der Waals surface area contributed by atoms with E-state index in [1.807, 2.05) is 24.3 Å². The minimum Gasteiger partial charge on any atom is -0.366 e. The predicted octanol–water partition coefficient (Wildman–Crippen LogP) is 3.58. The van der Waals surface area contributed by atoms with E-state index in [0.29, 0.717) is 22.4 Å². The molecule has 0 aliphatic carbocycles. The van der Waals surface area contributed by atoms with Crippen LogP contribution in [0.5, 0.6) is 0 Å². The molecule has 0 saturated carbocycles. The van der Waals surface area contributed by atoms with E-state index in [-0.39, 0.29) is 18.2 Å². The zero-order valence-corrected chi connectivity index (χ0v) is 18.2. The maximum atomic E-state index is 13.1. The summed E-state index contributed by atoms with van der Waals surface area (Å²) in [6, 6.07) is 14.0. The van der Waals surface area contributed by atoms with Crippen molar-refractivity contribution in [2.45, 2.75) is 19.0 Å². The second-order valence-electron chi connectivity index (χ2n) is 6.07. The molecular formula is C19H17ClIN3O2S. The number of thiocarbonyl (C=S) groups is 1. The van der Waals surface area contributed by atoms with Crippen molar-refractivity contribution in [3.8, 4) is 0 Å². The van der Waals surface area contributed by atoms with Crippen molar-refractivity contribution in [3.05, 3.63) is 62.7 Å². The van der Waals surface area contributed by atoms with Gasteiger partial charge in [-0.05, 0) is 76.8 Å². The zero-order valence-electron chi connectivity index (χ0n) is 14.5. The first-order valence-corrected chi connectivity index (χ1v) is 10.1. The van der Waals surface area contributed by atoms with Crippen LogP contribution in [0.2, 0.25) is 5.02 Å². The molecule has 0 radical (unpaired) electrons. The van der Waals surface area contributed by atoms with E-state index >= 15 is 0 Å². The molecule has 1 unspecified atom stereocenters. The van der Waals surface area contributed by atoms with Gasteiger partial charge in [-0.2, -0.15) is 0 Å². The number of amides is 2. The van der Waals surface area contributed by atoms with E-state index in [0.717, 1.165) is 9.13 Å². The summed E-state index contributed by atoms with van der Waals surface area (Å²) < 4.78 is 1.03. The molecule has 8 heteroatoms. The number of hydrogen-bond acceptors (Lipinski definition) is 3. The lowest BCUT2D eigenvalue weighted by Crippen LogP contribution is -2.48. The smallest absolute Gasteiger partial charge is 0.257 e. The number of anilines is 1. The van der Waals surface area contributed by atoms with Crippen LogP contribution in [0.25, 0.3) is 0 Å². The quantitative estimate of drug-likeness (QED) is 0.385. The Balaban J connectivity index is 1.87. The van der Waals surface area contributed by atoms with Gasteiger partial charge in [0.15, 0.2) is 5.11 Å². The molecule has 5 nitrogen and oxygen atoms in total. The molecular weight excluding hydrogens is 497 g/mol. The van der Waals surface area contributed by atoms with Crippen molar-refractivity contribution in [1.82, 2.24) is 10.2 Å². The Morgan fingerprint density at radius 1 is 1.22 bits per heavy atom. The molecule has 1 saturated heterocycles. The summed E-state index contributed by atoms with van der Waals surface area (Å²) in [6.45, 7) is 0.404. The molecule has 1 atom stereocenters. The van der Waals surface area contributed by atoms with Crippen molar-refractivity contribution in [3.63, 3.8) is 0 Å². The van der Waals surface area contributed by atoms with Gasteiger partial charge in [0.05, 0.1) is 12.1 Å². The van der Waals surface area contributed by atoms with Crippen molar-refractivity contribution >= 4 is 69.0 Å². The maximum Gasteiger partial charge on any atom is 0.257 e. The number of nitrogens with one attached hydrogen (secondary N) is 1. The monoisotopic (exact) mass is 513 g/mol. The van der Waals surface area contributed by atoms with Crippen LogP contribution in [-0.4, -0.2) is 34.9 Å². The van der Waals surface area contributed by atoms with Crippen LogP contribution < -0.4 is 10.2 Å². The highest BCUT2D eigenvalue weighted by atomic mass is 127. The molecule has 1 aliphatic rings. The van der Waals surface area contributed by atoms with Gasteiger partial charge >= 0.3 is 0 Å². The van der Waals surface area contributed by atoms with E-state index in [4.69, 9.17) is 23.8 Å². The normalized spacial score (nSPS) is 16.6. The minimum absolute atomic E-state index is 0.0836. The summed E-state index contributed by atoms with van der Waals surface area (Å²) in [4.78, 5) is 28.6. The molecule has 2 aromatic carbocycles. The molecule has 1 N–H and O–H groups in total. The average Bonchev–Trinajstić information content (AvgIpc) is 2.95. The molecule has 1 fully saturated rings. The Morgan fingerprint density at radius 3 is 2.44 bits per heavy atom. The minimum atomic E-state index is -0.646. The average molecular weight is 514 g/mol. The number of nitrogens with zero attached hydrogens (tertiary/aromatic N) is 2. The Kier molecular flexibility index (Phi) is 6.33. The summed E-state index contributed by atoms with van der Waals surface area (Å²) >= 11 is 13.5. The van der Waals surface area contributed by atoms with Crippen molar-refractivity contribution < 1.29 is 9.59 Å². The number of carbonyl (C=O) groups excluding carboxylic acids is 2. The second kappa shape index (κ2) is 8.53. The van der Waals surface area contributed by atoms with E-state index < -0.39 is 6.04 Å². The number of rotatable bonds is 4. The fraction of sp³-hybridized carbons (Fsp3) is 0.211. The fourth-order valence-electron chi connectivity index (χ4n) is 2.97. The van der Waals surface area contributed by atoms with Gasteiger partial charge in [0.1, 0.15) is 6.04 Å². The van der Waals surface area contributed by atoms with Crippen molar-refractivity contribution in [2.75, 3.05) is 11.9 Å². The summed E-state index contributed by atoms with van der Waals surface area (Å²) in [7, 11) is 1.70. The summed E-state index contributed by atoms with van der Waals surface area (Å²) in [6.07, 6.45) is 0.0836. The number of imide groups is 1. The molecule has 1 aliphatic heterocycles. The summed E-state index contributed by atoms with van der Waals surface area (Å²) in [5.74, 6) is -0.501. The maximum absolute atomic E-state index is 13.1. The first kappa shape index (κ1) is 20.0. The van der Waals surface area contributed by atoms with Crippen LogP contribution in [0.4, 0.5) is 5.69 Å². The zero-order chi connectivity index (χ0) is 19.6. The highest BCUT2D eigenvalue weighted by Gasteiger charge is 2.43. The van der Waals surface area contributed by atoms with Crippen molar-refractivity contribution in [2.24, 2.45) is 0 Å². The highest BCUT2D eigenvalue weighted by Crippen LogP contribution is 2.27. The lowest BCUT2D eigenvalue weighted by atomic mass is 10.1. The number of benzene rings is 2. The number of carbonyl (C=O) groups is 2. The first-order valence-electron chi connectivity index (χ1n) is 8.26. The first-order chi connectivity index (χ1) is 12.9. The summed E-state index contributed by atoms with van der Waals surface area (Å²) in [5, 5.41) is 3.97. The van der Waals surface area contributed by atoms with Gasteiger partial charge in [-0.3, -0.25) is 9.59 Å². The molecule has 0 aromatic heterocycles. The topological polar surface area (TPSA) is 52.7 Å². The van der Waals surface area contributed by atoms with Crippen LogP contribution in [0, 0.1) is 3.57 Å². The van der Waals surface area contributed by atoms with Crippen LogP contribution in [0.15, 0.2) is 48.5 Å². The Labute approximate surface area is 181 Å². The van der Waals surface area contributed by atoms with Gasteiger partial charge in [0, 0.05) is 22.2 Å². The predicted molar refractivity (Wildman–Crippen MR) is 119 cm³/mol. The third-order valence-corrected chi connectivity index (χ3v) is 5.73. The van der Waals surface area contributed by atoms with Crippen LogP contribution in [0.3, 0.4) is 0 Å². The van der Waals surface area contributed by atoms with E-state index in [2.05, 4.69) is 27.9 Å². The molecule has 2 aromatic rings. The van der Waals surface area contributed by atoms with Crippen LogP contribution >= 0.6 is 46.4 Å². The van der Waals surface area contributed by atoms with Crippen LogP contribution in [0.1, 0.15) is 12.0 Å². The SMILES string of the molecule is CNC(=S)N(Cc1ccc(Cl)cc1)C1CC(=O)N(c2ccc(I)cc2)C1=O. The molecule has 140 valence electrons. The number of hydrogen-bond donors (Lipinski definition) is 1. The Hall–Kier alpha value is -1.71. The van der Waals surface area contributed by atoms with Gasteiger partial charge < -0.3 is 10.2 Å². The van der Waals surface area contributed by atoms with Crippen molar-refractivity contribution in [1.29, 1.82) is 0 Å². The van der Waals surface area contributed by atoms with Gasteiger partial charge in [-0.25, -0.2) is 4.90 Å². The Bertz CT molecular complexity index is 874. The van der Waals surface area contributed by atoms with Crippen LogP contribution in [-0.2, 0) is 16.1 Å². The highest BCUT2D eigenvalue weighted by molar-refractivity contribution is 14.1. The molecule has 3 rings (SSSR count). The van der Waals surface area contributed by atoms with Gasteiger partial charge in [-0.1, -0.05) is 23.7 Å². The van der Waals surface area contributed by atoms with E-state index in [1.54, 1.807) is 36.2 Å². The third kappa shape index (κ3) is 4.41. The lowest BCUT2D eigenvalue weighted by Gasteiger charge is -2.29. The largest absolute Gasteiger partial charge is 0.366 e. The third-order valence-electron chi connectivity index (χ3n) is 4.32. The van der Waals surface area contributed by atoms with E-state index in [1.165, 1.54) is 4.90 Å². The summed E-state index contributed by atoms with van der Waals surface area (Å²) in [5.41, 5.74) is 1.53. The van der Waals surface area contributed by atoms with E-state index in [9.17, 15) is 9.59 Å². The molecule has 27 heavy (non-hydrogen) atoms.